The van der Waals surface area contributed by atoms with Gasteiger partial charge in [0.15, 0.2) is 6.61 Å². The highest BCUT2D eigenvalue weighted by Crippen LogP contribution is 2.31. The van der Waals surface area contributed by atoms with Gasteiger partial charge in [-0.15, -0.1) is 0 Å². The molecular formula is C16H22N2O6. The van der Waals surface area contributed by atoms with Gasteiger partial charge in [0.25, 0.3) is 5.91 Å². The smallest absolute Gasteiger partial charge is 0.407 e. The molecule has 0 radical (unpaired) electrons. The molecule has 0 saturated carbocycles. The molecule has 132 valence electrons. The fraction of sp³-hybridized carbons (Fsp3) is 0.500. The number of ether oxygens (including phenoxy) is 2. The molecule has 0 aromatic heterocycles. The minimum Gasteiger partial charge on any atom is -0.482 e. The summed E-state index contributed by atoms with van der Waals surface area (Å²) in [4.78, 5) is 22.9. The van der Waals surface area contributed by atoms with E-state index < -0.39 is 23.9 Å². The van der Waals surface area contributed by atoms with E-state index in [1.807, 2.05) is 0 Å². The Morgan fingerprint density at radius 2 is 2.12 bits per heavy atom. The van der Waals surface area contributed by atoms with Crippen LogP contribution in [-0.2, 0) is 9.53 Å². The quantitative estimate of drug-likeness (QED) is 0.649. The standard InChI is InChI=1S/C16H22N2O6/c1-16(2,3)24-15(22)17-7-11(19)14(21)9-4-5-12-10(6-9)18-13(20)8-23-12/h4-6,11,14,19,21H,7-8H2,1-3H3,(H,17,22)(H,18,20). The lowest BCUT2D eigenvalue weighted by Gasteiger charge is -2.23. The summed E-state index contributed by atoms with van der Waals surface area (Å²) in [6.45, 7) is 4.93. The van der Waals surface area contributed by atoms with Crippen LogP contribution in [0.2, 0.25) is 0 Å². The van der Waals surface area contributed by atoms with Gasteiger partial charge in [-0.3, -0.25) is 4.79 Å². The molecule has 0 bridgehead atoms. The molecule has 1 aliphatic rings. The third kappa shape index (κ3) is 4.84. The van der Waals surface area contributed by atoms with Crippen LogP contribution in [0, 0.1) is 0 Å². The SMILES string of the molecule is CC(C)(C)OC(=O)NCC(O)C(O)c1ccc2c(c1)NC(=O)CO2. The maximum atomic E-state index is 11.6. The molecule has 2 atom stereocenters. The molecule has 24 heavy (non-hydrogen) atoms. The number of carbonyl (C=O) groups is 2. The molecular weight excluding hydrogens is 316 g/mol. The van der Waals surface area contributed by atoms with Gasteiger partial charge in [0.1, 0.15) is 23.6 Å². The first kappa shape index (κ1) is 18.0. The number of hydrogen-bond acceptors (Lipinski definition) is 6. The molecule has 8 heteroatoms. The third-order valence-corrected chi connectivity index (χ3v) is 3.20. The van der Waals surface area contributed by atoms with Crippen molar-refractivity contribution in [2.24, 2.45) is 0 Å². The van der Waals surface area contributed by atoms with E-state index in [1.165, 1.54) is 6.07 Å². The van der Waals surface area contributed by atoms with Crippen LogP contribution in [0.5, 0.6) is 5.75 Å². The molecule has 0 aliphatic carbocycles. The average Bonchev–Trinajstić information content (AvgIpc) is 2.49. The first-order valence-corrected chi connectivity index (χ1v) is 7.55. The maximum Gasteiger partial charge on any atom is 0.407 e. The topological polar surface area (TPSA) is 117 Å². The molecule has 1 heterocycles. The normalized spacial score (nSPS) is 16.3. The monoisotopic (exact) mass is 338 g/mol. The summed E-state index contributed by atoms with van der Waals surface area (Å²) < 4.78 is 10.3. The number of rotatable bonds is 4. The first-order chi connectivity index (χ1) is 11.2. The molecule has 0 fully saturated rings. The van der Waals surface area contributed by atoms with Crippen LogP contribution in [0.3, 0.4) is 0 Å². The second-order valence-electron chi connectivity index (χ2n) is 6.49. The van der Waals surface area contributed by atoms with Gasteiger partial charge in [-0.05, 0) is 38.5 Å². The fourth-order valence-electron chi connectivity index (χ4n) is 2.12. The Morgan fingerprint density at radius 1 is 1.42 bits per heavy atom. The fourth-order valence-corrected chi connectivity index (χ4v) is 2.12. The number of fused-ring (bicyclic) bond motifs is 1. The van der Waals surface area contributed by atoms with E-state index in [0.29, 0.717) is 17.0 Å². The lowest BCUT2D eigenvalue weighted by atomic mass is 10.0. The largest absolute Gasteiger partial charge is 0.482 e. The summed E-state index contributed by atoms with van der Waals surface area (Å²) >= 11 is 0. The predicted octanol–water partition coefficient (Wildman–Crippen LogP) is 0.937. The summed E-state index contributed by atoms with van der Waals surface area (Å²) in [5, 5.41) is 25.3. The van der Waals surface area contributed by atoms with Crippen molar-refractivity contribution in [1.29, 1.82) is 0 Å². The Kier molecular flexibility index (Phi) is 5.30. The molecule has 2 amide bonds. The molecule has 2 unspecified atom stereocenters. The van der Waals surface area contributed by atoms with Crippen molar-refractivity contribution in [3.8, 4) is 5.75 Å². The lowest BCUT2D eigenvalue weighted by Crippen LogP contribution is -2.38. The number of benzene rings is 1. The van der Waals surface area contributed by atoms with E-state index in [4.69, 9.17) is 9.47 Å². The highest BCUT2D eigenvalue weighted by atomic mass is 16.6. The molecule has 4 N–H and O–H groups in total. The maximum absolute atomic E-state index is 11.6. The summed E-state index contributed by atoms with van der Waals surface area (Å²) in [5.41, 5.74) is 0.165. The molecule has 8 nitrogen and oxygen atoms in total. The Hall–Kier alpha value is -2.32. The van der Waals surface area contributed by atoms with Crippen LogP contribution in [0.1, 0.15) is 32.4 Å². The molecule has 1 aliphatic heterocycles. The van der Waals surface area contributed by atoms with Crippen LogP contribution in [0.25, 0.3) is 0 Å². The van der Waals surface area contributed by atoms with Gasteiger partial charge in [0.05, 0.1) is 5.69 Å². The number of hydrogen-bond donors (Lipinski definition) is 4. The van der Waals surface area contributed by atoms with Gasteiger partial charge < -0.3 is 30.3 Å². The number of aliphatic hydroxyl groups excluding tert-OH is 2. The van der Waals surface area contributed by atoms with Crippen molar-refractivity contribution < 1.29 is 29.3 Å². The second-order valence-corrected chi connectivity index (χ2v) is 6.49. The zero-order chi connectivity index (χ0) is 17.9. The number of alkyl carbamates (subject to hydrolysis) is 1. The Labute approximate surface area is 139 Å². The lowest BCUT2D eigenvalue weighted by molar-refractivity contribution is -0.118. The van der Waals surface area contributed by atoms with Gasteiger partial charge in [0, 0.05) is 6.54 Å². The van der Waals surface area contributed by atoms with Gasteiger partial charge in [-0.1, -0.05) is 6.07 Å². The van der Waals surface area contributed by atoms with Gasteiger partial charge in [-0.25, -0.2) is 4.79 Å². The summed E-state index contributed by atoms with van der Waals surface area (Å²) in [5.74, 6) is 0.202. The predicted molar refractivity (Wildman–Crippen MR) is 85.8 cm³/mol. The van der Waals surface area contributed by atoms with E-state index in [2.05, 4.69) is 10.6 Å². The number of carbonyl (C=O) groups excluding carboxylic acids is 2. The van der Waals surface area contributed by atoms with Crippen molar-refractivity contribution >= 4 is 17.7 Å². The third-order valence-electron chi connectivity index (χ3n) is 3.20. The summed E-state index contributed by atoms with van der Waals surface area (Å²) in [6.07, 6.45) is -3.17. The number of nitrogens with one attached hydrogen (secondary N) is 2. The molecule has 1 aromatic carbocycles. The van der Waals surface area contributed by atoms with E-state index in [-0.39, 0.29) is 19.1 Å². The number of amides is 2. The van der Waals surface area contributed by atoms with Crippen molar-refractivity contribution in [2.75, 3.05) is 18.5 Å². The number of anilines is 1. The molecule has 0 spiro atoms. The minimum absolute atomic E-state index is 0.0582. The Morgan fingerprint density at radius 3 is 2.79 bits per heavy atom. The minimum atomic E-state index is -1.25. The van der Waals surface area contributed by atoms with Gasteiger partial charge in [0.2, 0.25) is 0 Å². The van der Waals surface area contributed by atoms with E-state index >= 15 is 0 Å². The van der Waals surface area contributed by atoms with E-state index in [0.717, 1.165) is 0 Å². The number of aliphatic hydroxyl groups is 2. The van der Waals surface area contributed by atoms with Crippen molar-refractivity contribution in [2.45, 2.75) is 38.6 Å². The highest BCUT2D eigenvalue weighted by molar-refractivity contribution is 5.95. The molecule has 1 aromatic rings. The first-order valence-electron chi connectivity index (χ1n) is 7.55. The van der Waals surface area contributed by atoms with Crippen LogP contribution < -0.4 is 15.4 Å². The second kappa shape index (κ2) is 7.06. The van der Waals surface area contributed by atoms with Crippen LogP contribution in [0.4, 0.5) is 10.5 Å². The van der Waals surface area contributed by atoms with Gasteiger partial charge >= 0.3 is 6.09 Å². The van der Waals surface area contributed by atoms with E-state index in [1.54, 1.807) is 32.9 Å². The zero-order valence-electron chi connectivity index (χ0n) is 13.8. The highest BCUT2D eigenvalue weighted by Gasteiger charge is 2.23. The Bertz CT molecular complexity index is 625. The molecule has 0 saturated heterocycles. The average molecular weight is 338 g/mol. The van der Waals surface area contributed by atoms with Crippen LogP contribution >= 0.6 is 0 Å². The van der Waals surface area contributed by atoms with Crippen molar-refractivity contribution in [3.63, 3.8) is 0 Å². The van der Waals surface area contributed by atoms with Gasteiger partial charge in [-0.2, -0.15) is 0 Å². The van der Waals surface area contributed by atoms with Crippen LogP contribution in [-0.4, -0.2) is 47.1 Å². The van der Waals surface area contributed by atoms with E-state index in [9.17, 15) is 19.8 Å². The summed E-state index contributed by atoms with van der Waals surface area (Å²) in [6, 6.07) is 4.70. The Balaban J connectivity index is 1.95. The summed E-state index contributed by atoms with van der Waals surface area (Å²) in [7, 11) is 0. The zero-order valence-corrected chi connectivity index (χ0v) is 13.8. The van der Waals surface area contributed by atoms with Crippen molar-refractivity contribution in [1.82, 2.24) is 5.32 Å². The van der Waals surface area contributed by atoms with Crippen LogP contribution in [0.15, 0.2) is 18.2 Å². The van der Waals surface area contributed by atoms with Crippen molar-refractivity contribution in [3.05, 3.63) is 23.8 Å². The molecule has 2 rings (SSSR count).